The normalized spacial score (nSPS) is 12.2. The van der Waals surface area contributed by atoms with Crippen molar-refractivity contribution in [1.82, 2.24) is 0 Å². The summed E-state index contributed by atoms with van der Waals surface area (Å²) in [7, 11) is 0. The second kappa shape index (κ2) is 5.22. The van der Waals surface area contributed by atoms with Crippen LogP contribution in [0.1, 0.15) is 0 Å². The third kappa shape index (κ3) is 3.14. The van der Waals surface area contributed by atoms with E-state index >= 15 is 0 Å². The van der Waals surface area contributed by atoms with Crippen molar-refractivity contribution >= 4 is 21.8 Å². The highest BCUT2D eigenvalue weighted by Crippen LogP contribution is 2.29. The van der Waals surface area contributed by atoms with Crippen LogP contribution in [0.15, 0.2) is 16.6 Å². The van der Waals surface area contributed by atoms with Gasteiger partial charge in [-0.3, -0.25) is 4.79 Å². The van der Waals surface area contributed by atoms with Gasteiger partial charge in [0.2, 0.25) is 5.91 Å². The number of amides is 1. The minimum atomic E-state index is -1.05. The predicted octanol–water partition coefficient (Wildman–Crippen LogP) is 0.919. The van der Waals surface area contributed by atoms with Crippen LogP contribution in [0.3, 0.4) is 0 Å². The largest absolute Gasteiger partial charge is 0.487 e. The zero-order valence-corrected chi connectivity index (χ0v) is 9.63. The molecule has 0 heterocycles. The van der Waals surface area contributed by atoms with E-state index in [0.29, 0.717) is 6.07 Å². The van der Waals surface area contributed by atoms with Gasteiger partial charge in [-0.25, -0.2) is 8.78 Å². The Hall–Kier alpha value is -1.21. The number of carbonyl (C=O) groups is 1. The summed E-state index contributed by atoms with van der Waals surface area (Å²) in [6, 6.07) is 0.653. The lowest BCUT2D eigenvalue weighted by molar-refractivity contribution is -0.119. The molecule has 1 atom stereocenters. The molecule has 7 heteroatoms. The summed E-state index contributed by atoms with van der Waals surface area (Å²) in [5.41, 5.74) is 10.2. The molecule has 1 aromatic rings. The monoisotopic (exact) mass is 294 g/mol. The first-order valence-electron chi connectivity index (χ1n) is 4.24. The smallest absolute Gasteiger partial charge is 0.237 e. The first-order chi connectivity index (χ1) is 7.41. The van der Waals surface area contributed by atoms with Gasteiger partial charge in [-0.15, -0.1) is 0 Å². The molecule has 4 N–H and O–H groups in total. The van der Waals surface area contributed by atoms with Crippen molar-refractivity contribution in [3.63, 3.8) is 0 Å². The molecule has 0 fully saturated rings. The fraction of sp³-hybridized carbons (Fsp3) is 0.222. The zero-order chi connectivity index (χ0) is 12.3. The molecule has 0 bridgehead atoms. The van der Waals surface area contributed by atoms with Crippen LogP contribution >= 0.6 is 15.9 Å². The van der Waals surface area contributed by atoms with Gasteiger partial charge in [0.05, 0.1) is 4.47 Å². The lowest BCUT2D eigenvalue weighted by atomic mass is 10.3. The Balaban J connectivity index is 2.78. The molecule has 1 unspecified atom stereocenters. The summed E-state index contributed by atoms with van der Waals surface area (Å²) >= 11 is 2.92. The summed E-state index contributed by atoms with van der Waals surface area (Å²) in [4.78, 5) is 10.6. The Kier molecular flexibility index (Phi) is 4.19. The average Bonchev–Trinajstić information content (AvgIpc) is 2.15. The van der Waals surface area contributed by atoms with Gasteiger partial charge in [-0.05, 0) is 22.0 Å². The zero-order valence-electron chi connectivity index (χ0n) is 8.04. The maximum Gasteiger partial charge on any atom is 0.237 e. The predicted molar refractivity (Wildman–Crippen MR) is 56.7 cm³/mol. The highest BCUT2D eigenvalue weighted by molar-refractivity contribution is 9.10. The topological polar surface area (TPSA) is 78.3 Å². The van der Waals surface area contributed by atoms with Crippen molar-refractivity contribution in [3.05, 3.63) is 28.2 Å². The summed E-state index contributed by atoms with van der Waals surface area (Å²) in [6.45, 7) is -0.281. The second-order valence-corrected chi connectivity index (χ2v) is 3.87. The van der Waals surface area contributed by atoms with Crippen molar-refractivity contribution in [2.45, 2.75) is 6.04 Å². The lowest BCUT2D eigenvalue weighted by Crippen LogP contribution is -2.41. The molecule has 0 saturated carbocycles. The van der Waals surface area contributed by atoms with Crippen LogP contribution in [0, 0.1) is 11.6 Å². The van der Waals surface area contributed by atoms with E-state index < -0.39 is 23.6 Å². The first-order valence-corrected chi connectivity index (χ1v) is 5.03. The lowest BCUT2D eigenvalue weighted by Gasteiger charge is -2.12. The second-order valence-electron chi connectivity index (χ2n) is 3.02. The number of ether oxygens (including phenoxy) is 1. The van der Waals surface area contributed by atoms with Gasteiger partial charge in [-0.1, -0.05) is 0 Å². The summed E-state index contributed by atoms with van der Waals surface area (Å²) in [5, 5.41) is 0. The van der Waals surface area contributed by atoms with E-state index in [4.69, 9.17) is 16.2 Å². The van der Waals surface area contributed by atoms with Crippen LogP contribution < -0.4 is 16.2 Å². The molecule has 0 radical (unpaired) electrons. The molecule has 1 amide bonds. The van der Waals surface area contributed by atoms with Crippen molar-refractivity contribution in [2.24, 2.45) is 11.5 Å². The highest BCUT2D eigenvalue weighted by Gasteiger charge is 2.15. The van der Waals surface area contributed by atoms with Crippen molar-refractivity contribution in [3.8, 4) is 5.75 Å². The molecule has 0 aliphatic heterocycles. The van der Waals surface area contributed by atoms with E-state index in [1.807, 2.05) is 0 Å². The molecule has 0 saturated heterocycles. The fourth-order valence-corrected chi connectivity index (χ4v) is 1.44. The summed E-state index contributed by atoms with van der Waals surface area (Å²) in [6.07, 6.45) is 0. The Morgan fingerprint density at radius 2 is 2.12 bits per heavy atom. The van der Waals surface area contributed by atoms with Gasteiger partial charge in [0, 0.05) is 6.07 Å². The van der Waals surface area contributed by atoms with Gasteiger partial charge in [0.15, 0.2) is 11.6 Å². The maximum absolute atomic E-state index is 13.2. The van der Waals surface area contributed by atoms with Gasteiger partial charge in [0.1, 0.15) is 18.5 Å². The van der Waals surface area contributed by atoms with E-state index in [-0.39, 0.29) is 16.8 Å². The van der Waals surface area contributed by atoms with Gasteiger partial charge in [0.25, 0.3) is 0 Å². The highest BCUT2D eigenvalue weighted by atomic mass is 79.9. The average molecular weight is 295 g/mol. The third-order valence-electron chi connectivity index (χ3n) is 1.74. The Morgan fingerprint density at radius 1 is 1.50 bits per heavy atom. The molecular formula is C9H9BrF2N2O2. The number of halogens is 3. The number of hydrogen-bond acceptors (Lipinski definition) is 3. The van der Waals surface area contributed by atoms with Crippen LogP contribution in [0.4, 0.5) is 8.78 Å². The number of rotatable bonds is 4. The SMILES string of the molecule is NC(=O)C(N)COc1c(F)cc(F)cc1Br. The van der Waals surface area contributed by atoms with Crippen LogP contribution in [0.2, 0.25) is 0 Å². The molecular weight excluding hydrogens is 286 g/mol. The van der Waals surface area contributed by atoms with Crippen molar-refractivity contribution in [1.29, 1.82) is 0 Å². The minimum absolute atomic E-state index is 0.0988. The molecule has 4 nitrogen and oxygen atoms in total. The van der Waals surface area contributed by atoms with Crippen LogP contribution in [-0.4, -0.2) is 18.6 Å². The molecule has 0 spiro atoms. The number of primary amides is 1. The Bertz CT molecular complexity index is 391. The molecule has 1 rings (SSSR count). The van der Waals surface area contributed by atoms with Crippen LogP contribution in [-0.2, 0) is 4.79 Å². The third-order valence-corrected chi connectivity index (χ3v) is 2.32. The molecule has 88 valence electrons. The number of hydrogen-bond donors (Lipinski definition) is 2. The number of benzene rings is 1. The molecule has 0 aliphatic rings. The van der Waals surface area contributed by atoms with Crippen molar-refractivity contribution in [2.75, 3.05) is 6.61 Å². The standard InChI is InChI=1S/C9H9BrF2N2O2/c10-5-1-4(11)2-6(12)8(5)16-3-7(13)9(14)15/h1-2,7H,3,13H2,(H2,14,15). The van der Waals surface area contributed by atoms with E-state index in [9.17, 15) is 13.6 Å². The minimum Gasteiger partial charge on any atom is -0.487 e. The molecule has 0 aromatic heterocycles. The molecule has 1 aromatic carbocycles. The number of carbonyl (C=O) groups excluding carboxylic acids is 1. The van der Waals surface area contributed by atoms with Gasteiger partial charge >= 0.3 is 0 Å². The maximum atomic E-state index is 13.2. The fourth-order valence-electron chi connectivity index (χ4n) is 0.922. The summed E-state index contributed by atoms with van der Waals surface area (Å²) in [5.74, 6) is -2.60. The molecule has 0 aliphatic carbocycles. The Labute approximate surface area is 98.7 Å². The van der Waals surface area contributed by atoms with Crippen LogP contribution in [0.5, 0.6) is 5.75 Å². The van der Waals surface area contributed by atoms with E-state index in [2.05, 4.69) is 15.9 Å². The van der Waals surface area contributed by atoms with E-state index in [1.54, 1.807) is 0 Å². The quantitative estimate of drug-likeness (QED) is 0.867. The number of nitrogens with two attached hydrogens (primary N) is 2. The van der Waals surface area contributed by atoms with Gasteiger partial charge < -0.3 is 16.2 Å². The van der Waals surface area contributed by atoms with Crippen molar-refractivity contribution < 1.29 is 18.3 Å². The van der Waals surface area contributed by atoms with Gasteiger partial charge in [-0.2, -0.15) is 0 Å². The molecule has 16 heavy (non-hydrogen) atoms. The van der Waals surface area contributed by atoms with E-state index in [1.165, 1.54) is 0 Å². The Morgan fingerprint density at radius 3 is 2.62 bits per heavy atom. The first kappa shape index (κ1) is 12.9. The summed E-state index contributed by atoms with van der Waals surface area (Å²) < 4.78 is 31.0. The van der Waals surface area contributed by atoms with E-state index in [0.717, 1.165) is 6.07 Å². The van der Waals surface area contributed by atoms with Crippen LogP contribution in [0.25, 0.3) is 0 Å².